The average molecular weight is 391 g/mol. The highest BCUT2D eigenvalue weighted by Gasteiger charge is 2.22. The number of hydrogen-bond donors (Lipinski definition) is 2. The lowest BCUT2D eigenvalue weighted by Crippen LogP contribution is -2.44. The summed E-state index contributed by atoms with van der Waals surface area (Å²) < 4.78 is 1.97. The van der Waals surface area contributed by atoms with E-state index in [1.54, 1.807) is 11.3 Å². The molecule has 0 saturated carbocycles. The lowest BCUT2D eigenvalue weighted by molar-refractivity contribution is 0.267. The van der Waals surface area contributed by atoms with E-state index in [-0.39, 0.29) is 0 Å². The number of guanidine groups is 1. The molecule has 1 saturated heterocycles. The molecule has 3 rings (SSSR count). The SMILES string of the molecule is CCN1CCCC1CNC(=NCc1nnc(C)n1C)NCc1ncc(C)s1. The average Bonchev–Trinajstić information content (AvgIpc) is 3.37. The molecule has 8 nitrogen and oxygen atoms in total. The maximum Gasteiger partial charge on any atom is 0.192 e. The molecule has 0 aromatic carbocycles. The first-order valence-corrected chi connectivity index (χ1v) is 10.4. The monoisotopic (exact) mass is 390 g/mol. The summed E-state index contributed by atoms with van der Waals surface area (Å²) in [6.45, 7) is 10.6. The lowest BCUT2D eigenvalue weighted by atomic mass is 10.2. The van der Waals surface area contributed by atoms with Crippen LogP contribution < -0.4 is 10.6 Å². The van der Waals surface area contributed by atoms with Crippen molar-refractivity contribution >= 4 is 17.3 Å². The van der Waals surface area contributed by atoms with E-state index in [9.17, 15) is 0 Å². The standard InChI is InChI=1S/C18H30N8S/c1-5-26-8-6-7-15(26)10-20-18(22-12-17-19-9-13(2)27-17)21-11-16-24-23-14(3)25(16)4/h9,15H,5-8,10-12H2,1-4H3,(H2,20,21,22). The number of thiazole rings is 1. The predicted molar refractivity (Wildman–Crippen MR) is 109 cm³/mol. The topological polar surface area (TPSA) is 83.3 Å². The molecule has 0 aliphatic carbocycles. The van der Waals surface area contributed by atoms with Gasteiger partial charge in [0, 0.05) is 30.7 Å². The van der Waals surface area contributed by atoms with Crippen LogP contribution in [0.4, 0.5) is 0 Å². The fourth-order valence-corrected chi connectivity index (χ4v) is 4.04. The van der Waals surface area contributed by atoms with E-state index in [2.05, 4.69) is 44.6 Å². The number of aryl methyl sites for hydroxylation is 2. The molecule has 0 bridgehead atoms. The van der Waals surface area contributed by atoms with Crippen LogP contribution in [0.5, 0.6) is 0 Å². The van der Waals surface area contributed by atoms with Gasteiger partial charge in [0.1, 0.15) is 17.4 Å². The van der Waals surface area contributed by atoms with E-state index < -0.39 is 0 Å². The van der Waals surface area contributed by atoms with Crippen molar-refractivity contribution in [2.45, 2.75) is 52.7 Å². The molecule has 1 atom stereocenters. The summed E-state index contributed by atoms with van der Waals surface area (Å²) >= 11 is 1.71. The molecule has 0 amide bonds. The molecule has 1 unspecified atom stereocenters. The van der Waals surface area contributed by atoms with Crippen LogP contribution >= 0.6 is 11.3 Å². The molecule has 148 valence electrons. The van der Waals surface area contributed by atoms with Crippen molar-refractivity contribution in [3.8, 4) is 0 Å². The Kier molecular flexibility index (Phi) is 6.78. The first-order chi connectivity index (χ1) is 13.1. The fourth-order valence-electron chi connectivity index (χ4n) is 3.31. The molecule has 2 N–H and O–H groups in total. The summed E-state index contributed by atoms with van der Waals surface area (Å²) in [5.41, 5.74) is 0. The van der Waals surface area contributed by atoms with Gasteiger partial charge in [0.15, 0.2) is 11.8 Å². The van der Waals surface area contributed by atoms with Crippen molar-refractivity contribution in [3.63, 3.8) is 0 Å². The second-order valence-corrected chi connectivity index (χ2v) is 8.23. The summed E-state index contributed by atoms with van der Waals surface area (Å²) in [6, 6.07) is 0.571. The largest absolute Gasteiger partial charge is 0.355 e. The minimum atomic E-state index is 0.492. The van der Waals surface area contributed by atoms with Gasteiger partial charge >= 0.3 is 0 Å². The van der Waals surface area contributed by atoms with E-state index >= 15 is 0 Å². The molecule has 1 fully saturated rings. The van der Waals surface area contributed by atoms with Crippen LogP contribution in [-0.2, 0) is 20.1 Å². The van der Waals surface area contributed by atoms with Crippen LogP contribution in [0.2, 0.25) is 0 Å². The summed E-state index contributed by atoms with van der Waals surface area (Å²) in [7, 11) is 1.97. The Labute approximate surface area is 165 Å². The smallest absolute Gasteiger partial charge is 0.192 e. The Hall–Kier alpha value is -2.00. The summed E-state index contributed by atoms with van der Waals surface area (Å²) in [4.78, 5) is 12.9. The number of nitrogens with one attached hydrogen (secondary N) is 2. The summed E-state index contributed by atoms with van der Waals surface area (Å²) in [6.07, 6.45) is 4.42. The number of nitrogens with zero attached hydrogens (tertiary/aromatic N) is 6. The van der Waals surface area contributed by atoms with Crippen LogP contribution in [0.3, 0.4) is 0 Å². The quantitative estimate of drug-likeness (QED) is 0.552. The van der Waals surface area contributed by atoms with E-state index in [4.69, 9.17) is 4.99 Å². The minimum absolute atomic E-state index is 0.492. The van der Waals surface area contributed by atoms with Gasteiger partial charge in [0.25, 0.3) is 0 Å². The Bertz CT molecular complexity index is 765. The lowest BCUT2D eigenvalue weighted by Gasteiger charge is -2.24. The van der Waals surface area contributed by atoms with Crippen molar-refractivity contribution in [3.05, 3.63) is 27.7 Å². The van der Waals surface area contributed by atoms with Crippen LogP contribution in [0.25, 0.3) is 0 Å². The van der Waals surface area contributed by atoms with Gasteiger partial charge < -0.3 is 15.2 Å². The second-order valence-electron chi connectivity index (χ2n) is 6.91. The third-order valence-electron chi connectivity index (χ3n) is 5.05. The zero-order valence-corrected chi connectivity index (χ0v) is 17.5. The van der Waals surface area contributed by atoms with Crippen molar-refractivity contribution in [1.82, 2.24) is 35.3 Å². The van der Waals surface area contributed by atoms with Gasteiger partial charge in [0.05, 0.1) is 6.54 Å². The number of aromatic nitrogens is 4. The third-order valence-corrected chi connectivity index (χ3v) is 5.96. The first kappa shape index (κ1) is 19.8. The van der Waals surface area contributed by atoms with Gasteiger partial charge in [-0.05, 0) is 39.8 Å². The van der Waals surface area contributed by atoms with Crippen molar-refractivity contribution in [2.24, 2.45) is 12.0 Å². The maximum atomic E-state index is 4.73. The zero-order valence-electron chi connectivity index (χ0n) is 16.7. The van der Waals surface area contributed by atoms with Gasteiger partial charge in [-0.1, -0.05) is 6.92 Å². The highest BCUT2D eigenvalue weighted by molar-refractivity contribution is 7.11. The van der Waals surface area contributed by atoms with Gasteiger partial charge in [-0.15, -0.1) is 21.5 Å². The van der Waals surface area contributed by atoms with E-state index in [1.165, 1.54) is 24.3 Å². The summed E-state index contributed by atoms with van der Waals surface area (Å²) in [5.74, 6) is 2.55. The fraction of sp³-hybridized carbons (Fsp3) is 0.667. The van der Waals surface area contributed by atoms with Crippen LogP contribution in [0, 0.1) is 13.8 Å². The van der Waals surface area contributed by atoms with Crippen LogP contribution in [-0.4, -0.2) is 56.3 Å². The number of hydrogen-bond acceptors (Lipinski definition) is 6. The van der Waals surface area contributed by atoms with Gasteiger partial charge in [-0.2, -0.15) is 0 Å². The zero-order chi connectivity index (χ0) is 19.2. The number of aliphatic imine (C=N–C) groups is 1. The van der Waals surface area contributed by atoms with Gasteiger partial charge in [-0.25, -0.2) is 9.98 Å². The molecule has 0 spiro atoms. The number of likely N-dealkylation sites (tertiary alicyclic amines) is 1. The molecular weight excluding hydrogens is 360 g/mol. The molecular formula is C18H30N8S. The molecule has 0 radical (unpaired) electrons. The molecule has 2 aromatic rings. The second kappa shape index (κ2) is 9.27. The Morgan fingerprint density at radius 1 is 1.33 bits per heavy atom. The minimum Gasteiger partial charge on any atom is -0.355 e. The Morgan fingerprint density at radius 2 is 2.19 bits per heavy atom. The molecule has 9 heteroatoms. The molecule has 1 aliphatic heterocycles. The van der Waals surface area contributed by atoms with Gasteiger partial charge in [-0.3, -0.25) is 4.90 Å². The Balaban J connectivity index is 1.63. The summed E-state index contributed by atoms with van der Waals surface area (Å²) in [5, 5.41) is 16.3. The van der Waals surface area contributed by atoms with Crippen molar-refractivity contribution < 1.29 is 0 Å². The van der Waals surface area contributed by atoms with E-state index in [0.717, 1.165) is 35.7 Å². The van der Waals surface area contributed by atoms with Crippen molar-refractivity contribution in [2.75, 3.05) is 19.6 Å². The molecule has 2 aromatic heterocycles. The van der Waals surface area contributed by atoms with E-state index in [0.29, 0.717) is 19.1 Å². The molecule has 27 heavy (non-hydrogen) atoms. The normalized spacial score (nSPS) is 18.2. The van der Waals surface area contributed by atoms with Crippen molar-refractivity contribution in [1.29, 1.82) is 0 Å². The predicted octanol–water partition coefficient (Wildman–Crippen LogP) is 1.61. The highest BCUT2D eigenvalue weighted by atomic mass is 32.1. The maximum absolute atomic E-state index is 4.73. The number of likely N-dealkylation sites (N-methyl/N-ethyl adjacent to an activating group) is 1. The van der Waals surface area contributed by atoms with Crippen LogP contribution in [0.1, 0.15) is 41.3 Å². The van der Waals surface area contributed by atoms with E-state index in [1.807, 2.05) is 24.7 Å². The Morgan fingerprint density at radius 3 is 2.85 bits per heavy atom. The first-order valence-electron chi connectivity index (χ1n) is 9.59. The third kappa shape index (κ3) is 5.26. The molecule has 3 heterocycles. The highest BCUT2D eigenvalue weighted by Crippen LogP contribution is 2.15. The molecule has 1 aliphatic rings. The van der Waals surface area contributed by atoms with Crippen LogP contribution in [0.15, 0.2) is 11.2 Å². The number of rotatable bonds is 7. The van der Waals surface area contributed by atoms with Gasteiger partial charge in [0.2, 0.25) is 0 Å².